The summed E-state index contributed by atoms with van der Waals surface area (Å²) in [6, 6.07) is 7.97. The fraction of sp³-hybridized carbons (Fsp3) is 0.412. The summed E-state index contributed by atoms with van der Waals surface area (Å²) in [5, 5.41) is 6.31. The third kappa shape index (κ3) is 3.95. The molecular weight excluding hydrogens is 276 g/mol. The quantitative estimate of drug-likeness (QED) is 0.757. The van der Waals surface area contributed by atoms with Crippen LogP contribution in [-0.2, 0) is 12.8 Å². The molecule has 0 bridgehead atoms. The molecule has 5 heteroatoms. The van der Waals surface area contributed by atoms with Gasteiger partial charge < -0.3 is 15.6 Å². The SMILES string of the molecule is O=C(NCCc1ncc[nH]1)c1ccc(CC2CCNC2)cc1. The van der Waals surface area contributed by atoms with Crippen LogP contribution in [0.25, 0.3) is 0 Å². The van der Waals surface area contributed by atoms with Crippen molar-refractivity contribution < 1.29 is 4.79 Å². The van der Waals surface area contributed by atoms with E-state index >= 15 is 0 Å². The lowest BCUT2D eigenvalue weighted by Gasteiger charge is -2.09. The zero-order chi connectivity index (χ0) is 15.2. The van der Waals surface area contributed by atoms with E-state index in [1.165, 1.54) is 12.0 Å². The van der Waals surface area contributed by atoms with Crippen molar-refractivity contribution in [2.24, 2.45) is 5.92 Å². The summed E-state index contributed by atoms with van der Waals surface area (Å²) < 4.78 is 0. The number of aromatic amines is 1. The molecule has 1 aromatic carbocycles. The summed E-state index contributed by atoms with van der Waals surface area (Å²) in [5.74, 6) is 1.59. The predicted octanol–water partition coefficient (Wildman–Crippen LogP) is 1.53. The molecular formula is C17H22N4O. The van der Waals surface area contributed by atoms with E-state index in [2.05, 4.69) is 32.7 Å². The van der Waals surface area contributed by atoms with Crippen molar-refractivity contribution in [2.75, 3.05) is 19.6 Å². The first-order valence-corrected chi connectivity index (χ1v) is 7.87. The van der Waals surface area contributed by atoms with Gasteiger partial charge in [0.2, 0.25) is 0 Å². The van der Waals surface area contributed by atoms with Gasteiger partial charge in [-0.3, -0.25) is 4.79 Å². The van der Waals surface area contributed by atoms with E-state index in [0.29, 0.717) is 18.5 Å². The van der Waals surface area contributed by atoms with Crippen molar-refractivity contribution in [2.45, 2.75) is 19.3 Å². The van der Waals surface area contributed by atoms with Gasteiger partial charge in [0.05, 0.1) is 0 Å². The van der Waals surface area contributed by atoms with Crippen molar-refractivity contribution in [1.29, 1.82) is 0 Å². The highest BCUT2D eigenvalue weighted by molar-refractivity contribution is 5.94. The number of carbonyl (C=O) groups is 1. The average molecular weight is 298 g/mol. The molecule has 1 atom stereocenters. The molecule has 0 spiro atoms. The Kier molecular flexibility index (Phi) is 4.85. The number of H-pyrrole nitrogens is 1. The van der Waals surface area contributed by atoms with E-state index in [4.69, 9.17) is 0 Å². The number of imidazole rings is 1. The van der Waals surface area contributed by atoms with Gasteiger partial charge >= 0.3 is 0 Å². The van der Waals surface area contributed by atoms with Gasteiger partial charge in [-0.15, -0.1) is 0 Å². The number of carbonyl (C=O) groups excluding carboxylic acids is 1. The van der Waals surface area contributed by atoms with Crippen molar-refractivity contribution >= 4 is 5.91 Å². The van der Waals surface area contributed by atoms with E-state index in [1.807, 2.05) is 12.1 Å². The highest BCUT2D eigenvalue weighted by atomic mass is 16.1. The monoisotopic (exact) mass is 298 g/mol. The zero-order valence-corrected chi connectivity index (χ0v) is 12.6. The largest absolute Gasteiger partial charge is 0.352 e. The lowest BCUT2D eigenvalue weighted by Crippen LogP contribution is -2.25. The number of hydrogen-bond acceptors (Lipinski definition) is 3. The molecule has 1 amide bonds. The summed E-state index contributed by atoms with van der Waals surface area (Å²) in [6.07, 6.45) is 6.55. The van der Waals surface area contributed by atoms with Gasteiger partial charge in [0.25, 0.3) is 5.91 Å². The standard InChI is InChI=1S/C17H22N4O/c22-17(21-8-6-16-19-9-10-20-16)15-3-1-13(2-4-15)11-14-5-7-18-12-14/h1-4,9-10,14,18H,5-8,11-12H2,(H,19,20)(H,21,22). The van der Waals surface area contributed by atoms with E-state index in [-0.39, 0.29) is 5.91 Å². The van der Waals surface area contributed by atoms with Crippen molar-refractivity contribution in [3.63, 3.8) is 0 Å². The molecule has 116 valence electrons. The number of benzene rings is 1. The van der Waals surface area contributed by atoms with Crippen molar-refractivity contribution in [3.05, 3.63) is 53.6 Å². The second kappa shape index (κ2) is 7.22. The maximum absolute atomic E-state index is 12.1. The number of nitrogens with one attached hydrogen (secondary N) is 3. The van der Waals surface area contributed by atoms with Crippen LogP contribution in [0.5, 0.6) is 0 Å². The van der Waals surface area contributed by atoms with E-state index in [0.717, 1.165) is 31.3 Å². The normalized spacial score (nSPS) is 17.5. The second-order valence-electron chi connectivity index (χ2n) is 5.80. The lowest BCUT2D eigenvalue weighted by molar-refractivity contribution is 0.0954. The van der Waals surface area contributed by atoms with Gasteiger partial charge in [-0.05, 0) is 49.5 Å². The number of hydrogen-bond donors (Lipinski definition) is 3. The molecule has 1 aliphatic heterocycles. The number of nitrogens with zero attached hydrogens (tertiary/aromatic N) is 1. The molecule has 1 fully saturated rings. The van der Waals surface area contributed by atoms with Crippen LogP contribution < -0.4 is 10.6 Å². The first kappa shape index (κ1) is 14.8. The Labute approximate surface area is 130 Å². The van der Waals surface area contributed by atoms with Gasteiger partial charge in [0, 0.05) is 30.9 Å². The third-order valence-corrected chi connectivity index (χ3v) is 4.11. The molecule has 1 saturated heterocycles. The predicted molar refractivity (Wildman–Crippen MR) is 85.7 cm³/mol. The molecule has 1 aromatic heterocycles. The fourth-order valence-electron chi connectivity index (χ4n) is 2.85. The molecule has 0 radical (unpaired) electrons. The van der Waals surface area contributed by atoms with E-state index < -0.39 is 0 Å². The molecule has 3 rings (SSSR count). The second-order valence-corrected chi connectivity index (χ2v) is 5.80. The molecule has 2 heterocycles. The smallest absolute Gasteiger partial charge is 0.251 e. The summed E-state index contributed by atoms with van der Waals surface area (Å²) >= 11 is 0. The van der Waals surface area contributed by atoms with E-state index in [9.17, 15) is 4.79 Å². The molecule has 1 aliphatic rings. The first-order valence-electron chi connectivity index (χ1n) is 7.87. The Morgan fingerprint density at radius 2 is 2.18 bits per heavy atom. The zero-order valence-electron chi connectivity index (χ0n) is 12.6. The summed E-state index contributed by atoms with van der Waals surface area (Å²) in [4.78, 5) is 19.2. The van der Waals surface area contributed by atoms with Crippen LogP contribution in [0.4, 0.5) is 0 Å². The third-order valence-electron chi connectivity index (χ3n) is 4.11. The van der Waals surface area contributed by atoms with Gasteiger partial charge in [-0.1, -0.05) is 12.1 Å². The molecule has 22 heavy (non-hydrogen) atoms. The van der Waals surface area contributed by atoms with Crippen LogP contribution in [0.3, 0.4) is 0 Å². The van der Waals surface area contributed by atoms with Gasteiger partial charge in [-0.2, -0.15) is 0 Å². The lowest BCUT2D eigenvalue weighted by atomic mass is 9.98. The molecule has 0 saturated carbocycles. The van der Waals surface area contributed by atoms with Gasteiger partial charge in [-0.25, -0.2) is 4.98 Å². The maximum atomic E-state index is 12.1. The van der Waals surface area contributed by atoms with Crippen molar-refractivity contribution in [3.8, 4) is 0 Å². The highest BCUT2D eigenvalue weighted by Crippen LogP contribution is 2.15. The Morgan fingerprint density at radius 3 is 2.86 bits per heavy atom. The van der Waals surface area contributed by atoms with E-state index in [1.54, 1.807) is 12.4 Å². The maximum Gasteiger partial charge on any atom is 0.251 e. The molecule has 5 nitrogen and oxygen atoms in total. The number of amides is 1. The van der Waals surface area contributed by atoms with Crippen LogP contribution in [0.2, 0.25) is 0 Å². The van der Waals surface area contributed by atoms with Crippen LogP contribution in [0.1, 0.15) is 28.2 Å². The summed E-state index contributed by atoms with van der Waals surface area (Å²) in [6.45, 7) is 2.82. The Bertz CT molecular complexity index is 586. The summed E-state index contributed by atoms with van der Waals surface area (Å²) in [5.41, 5.74) is 2.02. The minimum atomic E-state index is -0.0272. The number of rotatable bonds is 6. The van der Waals surface area contributed by atoms with Crippen LogP contribution in [-0.4, -0.2) is 35.5 Å². The molecule has 1 unspecified atom stereocenters. The van der Waals surface area contributed by atoms with Crippen LogP contribution in [0, 0.1) is 5.92 Å². The molecule has 2 aromatic rings. The van der Waals surface area contributed by atoms with Crippen molar-refractivity contribution in [1.82, 2.24) is 20.6 Å². The van der Waals surface area contributed by atoms with Crippen LogP contribution in [0.15, 0.2) is 36.7 Å². The van der Waals surface area contributed by atoms with Gasteiger partial charge in [0.1, 0.15) is 5.82 Å². The summed E-state index contributed by atoms with van der Waals surface area (Å²) in [7, 11) is 0. The molecule has 3 N–H and O–H groups in total. The topological polar surface area (TPSA) is 69.8 Å². The highest BCUT2D eigenvalue weighted by Gasteiger charge is 2.15. The van der Waals surface area contributed by atoms with Crippen LogP contribution >= 0.6 is 0 Å². The first-order chi connectivity index (χ1) is 10.8. The minimum absolute atomic E-state index is 0.0272. The number of aromatic nitrogens is 2. The Morgan fingerprint density at radius 1 is 1.32 bits per heavy atom. The molecule has 0 aliphatic carbocycles. The minimum Gasteiger partial charge on any atom is -0.352 e. The fourth-order valence-corrected chi connectivity index (χ4v) is 2.85. The average Bonchev–Trinajstić information content (AvgIpc) is 3.21. The Balaban J connectivity index is 1.47. The van der Waals surface area contributed by atoms with Gasteiger partial charge in [0.15, 0.2) is 0 Å². The Hall–Kier alpha value is -2.14.